The Morgan fingerprint density at radius 3 is 2.62 bits per heavy atom. The summed E-state index contributed by atoms with van der Waals surface area (Å²) < 4.78 is 1.66. The van der Waals surface area contributed by atoms with Crippen molar-refractivity contribution in [2.45, 2.75) is 6.42 Å². The molecule has 0 radical (unpaired) electrons. The lowest BCUT2D eigenvalue weighted by Gasteiger charge is -2.08. The normalized spacial score (nSPS) is 10.3. The molecule has 1 aromatic carbocycles. The Kier molecular flexibility index (Phi) is 5.33. The van der Waals surface area contributed by atoms with Crippen LogP contribution in [0.15, 0.2) is 55.1 Å². The van der Waals surface area contributed by atoms with Gasteiger partial charge in [0.25, 0.3) is 0 Å². The average molecular weight is 350 g/mol. The van der Waals surface area contributed by atoms with Crippen molar-refractivity contribution < 1.29 is 9.59 Å². The van der Waals surface area contributed by atoms with E-state index in [4.69, 9.17) is 0 Å². The smallest absolute Gasteiger partial charge is 0.228 e. The number of nitrogens with one attached hydrogen (secondary N) is 2. The maximum Gasteiger partial charge on any atom is 0.228 e. The molecule has 0 atom stereocenters. The first kappa shape index (κ1) is 17.3. The fraction of sp³-hybridized carbons (Fsp3) is 0.167. The summed E-state index contributed by atoms with van der Waals surface area (Å²) in [7, 11) is 1.76. The summed E-state index contributed by atoms with van der Waals surface area (Å²) in [5.74, 6) is 0.454. The van der Waals surface area contributed by atoms with Gasteiger partial charge in [0.15, 0.2) is 5.82 Å². The Morgan fingerprint density at radius 2 is 1.88 bits per heavy atom. The highest BCUT2D eigenvalue weighted by molar-refractivity contribution is 6.07. The van der Waals surface area contributed by atoms with Gasteiger partial charge in [-0.15, -0.1) is 0 Å². The van der Waals surface area contributed by atoms with E-state index < -0.39 is 0 Å². The molecule has 0 aliphatic rings. The lowest BCUT2D eigenvalue weighted by molar-refractivity contribution is -0.115. The van der Waals surface area contributed by atoms with E-state index in [1.54, 1.807) is 66.7 Å². The molecule has 8 nitrogen and oxygen atoms in total. The summed E-state index contributed by atoms with van der Waals surface area (Å²) in [6, 6.07) is 8.52. The average Bonchev–Trinajstić information content (AvgIpc) is 3.08. The van der Waals surface area contributed by atoms with Crippen molar-refractivity contribution in [1.29, 1.82) is 0 Å². The molecule has 0 saturated carbocycles. The quantitative estimate of drug-likeness (QED) is 0.631. The van der Waals surface area contributed by atoms with Gasteiger partial charge in [-0.3, -0.25) is 9.59 Å². The number of amides is 1. The molecular formula is C18H18N6O2. The van der Waals surface area contributed by atoms with Gasteiger partial charge in [0.1, 0.15) is 0 Å². The number of carbonyl (C=O) groups is 2. The van der Waals surface area contributed by atoms with E-state index >= 15 is 0 Å². The lowest BCUT2D eigenvalue weighted by Crippen LogP contribution is -2.17. The van der Waals surface area contributed by atoms with Crippen LogP contribution in [0.1, 0.15) is 22.6 Å². The molecule has 3 rings (SSSR count). The number of rotatable bonds is 7. The van der Waals surface area contributed by atoms with Crippen molar-refractivity contribution in [2.24, 2.45) is 7.05 Å². The summed E-state index contributed by atoms with van der Waals surface area (Å²) in [4.78, 5) is 36.7. The second-order valence-corrected chi connectivity index (χ2v) is 5.57. The molecule has 132 valence electrons. The SMILES string of the molecule is Cn1ccnc1C(=O)c1cccc(NC(=O)CCNc2ncccn2)c1. The predicted octanol–water partition coefficient (Wildman–Crippen LogP) is 1.88. The Morgan fingerprint density at radius 1 is 1.08 bits per heavy atom. The minimum atomic E-state index is -0.198. The number of carbonyl (C=O) groups excluding carboxylic acids is 2. The number of aryl methyl sites for hydroxylation is 1. The third-order valence-electron chi connectivity index (χ3n) is 3.63. The lowest BCUT2D eigenvalue weighted by atomic mass is 10.1. The topological polar surface area (TPSA) is 102 Å². The highest BCUT2D eigenvalue weighted by Crippen LogP contribution is 2.14. The number of ketones is 1. The van der Waals surface area contributed by atoms with Crippen LogP contribution in [0.3, 0.4) is 0 Å². The van der Waals surface area contributed by atoms with E-state index in [9.17, 15) is 9.59 Å². The Bertz CT molecular complexity index is 907. The molecule has 3 aromatic rings. The molecule has 1 amide bonds. The number of imidazole rings is 1. The highest BCUT2D eigenvalue weighted by atomic mass is 16.1. The van der Waals surface area contributed by atoms with Crippen molar-refractivity contribution in [1.82, 2.24) is 19.5 Å². The number of hydrogen-bond acceptors (Lipinski definition) is 6. The third kappa shape index (κ3) is 4.29. The number of anilines is 2. The number of hydrogen-bond donors (Lipinski definition) is 2. The molecule has 2 aromatic heterocycles. The van der Waals surface area contributed by atoms with Crippen molar-refractivity contribution in [2.75, 3.05) is 17.2 Å². The van der Waals surface area contributed by atoms with Crippen LogP contribution < -0.4 is 10.6 Å². The van der Waals surface area contributed by atoms with Gasteiger partial charge in [-0.1, -0.05) is 12.1 Å². The highest BCUT2D eigenvalue weighted by Gasteiger charge is 2.14. The first-order valence-corrected chi connectivity index (χ1v) is 8.06. The molecule has 0 fully saturated rings. The van der Waals surface area contributed by atoms with Gasteiger partial charge in [0.05, 0.1) is 0 Å². The van der Waals surface area contributed by atoms with Gasteiger partial charge in [-0.25, -0.2) is 15.0 Å². The van der Waals surface area contributed by atoms with Crippen LogP contribution in [0.2, 0.25) is 0 Å². The second-order valence-electron chi connectivity index (χ2n) is 5.57. The van der Waals surface area contributed by atoms with Crippen LogP contribution in [-0.4, -0.2) is 37.8 Å². The van der Waals surface area contributed by atoms with E-state index in [2.05, 4.69) is 25.6 Å². The van der Waals surface area contributed by atoms with Crippen molar-refractivity contribution in [3.8, 4) is 0 Å². The van der Waals surface area contributed by atoms with Crippen molar-refractivity contribution >= 4 is 23.3 Å². The maximum absolute atomic E-state index is 12.5. The zero-order chi connectivity index (χ0) is 18.4. The first-order valence-electron chi connectivity index (χ1n) is 8.06. The van der Waals surface area contributed by atoms with Crippen LogP contribution in [0.25, 0.3) is 0 Å². The summed E-state index contributed by atoms with van der Waals surface area (Å²) in [6.45, 7) is 0.405. The van der Waals surface area contributed by atoms with E-state index in [1.165, 1.54) is 0 Å². The second kappa shape index (κ2) is 8.02. The molecule has 0 aliphatic heterocycles. The molecule has 2 heterocycles. The molecule has 0 saturated heterocycles. The van der Waals surface area contributed by atoms with E-state index in [1.807, 2.05) is 0 Å². The van der Waals surface area contributed by atoms with Gasteiger partial charge < -0.3 is 15.2 Å². The Hall–Kier alpha value is -3.55. The number of aromatic nitrogens is 4. The molecule has 0 spiro atoms. The standard InChI is InChI=1S/C18H18N6O2/c1-24-11-10-19-17(24)16(26)13-4-2-5-14(12-13)23-15(25)6-9-22-18-20-7-3-8-21-18/h2-5,7-8,10-12H,6,9H2,1H3,(H,23,25)(H,20,21,22). The van der Waals surface area contributed by atoms with Gasteiger partial charge >= 0.3 is 0 Å². The fourth-order valence-electron chi connectivity index (χ4n) is 2.35. The fourth-order valence-corrected chi connectivity index (χ4v) is 2.35. The number of benzene rings is 1. The minimum absolute atomic E-state index is 0.171. The summed E-state index contributed by atoms with van der Waals surface area (Å²) in [5, 5.41) is 5.75. The van der Waals surface area contributed by atoms with Crippen LogP contribution in [0.5, 0.6) is 0 Å². The van der Waals surface area contributed by atoms with E-state index in [0.717, 1.165) is 0 Å². The third-order valence-corrected chi connectivity index (χ3v) is 3.63. The molecule has 0 aliphatic carbocycles. The summed E-state index contributed by atoms with van der Waals surface area (Å²) >= 11 is 0. The van der Waals surface area contributed by atoms with E-state index in [-0.39, 0.29) is 18.1 Å². The Balaban J connectivity index is 1.57. The maximum atomic E-state index is 12.5. The van der Waals surface area contributed by atoms with Gasteiger partial charge in [0, 0.05) is 56.1 Å². The summed E-state index contributed by atoms with van der Waals surface area (Å²) in [6.07, 6.45) is 6.78. The first-order chi connectivity index (χ1) is 12.6. The molecule has 0 bridgehead atoms. The minimum Gasteiger partial charge on any atom is -0.354 e. The van der Waals surface area contributed by atoms with Crippen molar-refractivity contribution in [3.63, 3.8) is 0 Å². The van der Waals surface area contributed by atoms with Crippen LogP contribution in [0, 0.1) is 0 Å². The zero-order valence-corrected chi connectivity index (χ0v) is 14.2. The van der Waals surface area contributed by atoms with Gasteiger partial charge in [-0.05, 0) is 18.2 Å². The number of nitrogens with zero attached hydrogens (tertiary/aromatic N) is 4. The summed E-state index contributed by atoms with van der Waals surface area (Å²) in [5.41, 5.74) is 1.03. The van der Waals surface area contributed by atoms with Crippen LogP contribution >= 0.6 is 0 Å². The molecule has 0 unspecified atom stereocenters. The largest absolute Gasteiger partial charge is 0.354 e. The predicted molar refractivity (Wildman–Crippen MR) is 96.9 cm³/mol. The molecule has 26 heavy (non-hydrogen) atoms. The molecular weight excluding hydrogens is 332 g/mol. The van der Waals surface area contributed by atoms with Gasteiger partial charge in [0.2, 0.25) is 17.6 Å². The van der Waals surface area contributed by atoms with Crippen LogP contribution in [-0.2, 0) is 11.8 Å². The van der Waals surface area contributed by atoms with Crippen LogP contribution in [0.4, 0.5) is 11.6 Å². The monoisotopic (exact) mass is 350 g/mol. The molecule has 2 N–H and O–H groups in total. The van der Waals surface area contributed by atoms with Gasteiger partial charge in [-0.2, -0.15) is 0 Å². The van der Waals surface area contributed by atoms with Crippen molar-refractivity contribution in [3.05, 3.63) is 66.5 Å². The Labute approximate surface area is 150 Å². The molecule has 8 heteroatoms. The zero-order valence-electron chi connectivity index (χ0n) is 14.2. The van der Waals surface area contributed by atoms with E-state index in [0.29, 0.717) is 29.6 Å².